The standard InChI is InChI=1S/C19H22N6O2/c1-12-4-5-15-14(9-12)17(23-22-15)19(27)25-7-2-3-13(10-25)18-21-6-8-24(18)11-16(20)26/h4-6,8-9,13H,2-3,7,10-11H2,1H3,(H2,20,26)(H,22,23)/t13-/m1/s1. The molecule has 27 heavy (non-hydrogen) atoms. The second kappa shape index (κ2) is 6.86. The first kappa shape index (κ1) is 17.3. The largest absolute Gasteiger partial charge is 0.368 e. The Labute approximate surface area is 156 Å². The van der Waals surface area contributed by atoms with Crippen LogP contribution in [0.2, 0.25) is 0 Å². The number of primary amides is 1. The summed E-state index contributed by atoms with van der Waals surface area (Å²) in [7, 11) is 0. The molecule has 140 valence electrons. The van der Waals surface area contributed by atoms with Gasteiger partial charge in [-0.15, -0.1) is 0 Å². The molecule has 0 spiro atoms. The monoisotopic (exact) mass is 366 g/mol. The van der Waals surface area contributed by atoms with Crippen LogP contribution in [0.25, 0.3) is 10.9 Å². The molecule has 3 N–H and O–H groups in total. The predicted octanol–water partition coefficient (Wildman–Crippen LogP) is 1.57. The van der Waals surface area contributed by atoms with Crippen molar-refractivity contribution in [3.05, 3.63) is 47.7 Å². The quantitative estimate of drug-likeness (QED) is 0.730. The van der Waals surface area contributed by atoms with Gasteiger partial charge in [0.1, 0.15) is 12.4 Å². The summed E-state index contributed by atoms with van der Waals surface area (Å²) in [6.07, 6.45) is 5.22. The number of likely N-dealkylation sites (tertiary alicyclic amines) is 1. The molecule has 3 heterocycles. The van der Waals surface area contributed by atoms with Crippen molar-refractivity contribution in [1.29, 1.82) is 0 Å². The number of benzene rings is 1. The van der Waals surface area contributed by atoms with Gasteiger partial charge >= 0.3 is 0 Å². The molecule has 1 atom stereocenters. The highest BCUT2D eigenvalue weighted by atomic mass is 16.2. The summed E-state index contributed by atoms with van der Waals surface area (Å²) >= 11 is 0. The van der Waals surface area contributed by atoms with E-state index < -0.39 is 5.91 Å². The van der Waals surface area contributed by atoms with Gasteiger partial charge in [0.25, 0.3) is 5.91 Å². The second-order valence-corrected chi connectivity index (χ2v) is 7.09. The Morgan fingerprint density at radius 2 is 2.22 bits per heavy atom. The molecule has 3 aromatic rings. The molecule has 0 unspecified atom stereocenters. The smallest absolute Gasteiger partial charge is 0.275 e. The molecule has 0 radical (unpaired) electrons. The van der Waals surface area contributed by atoms with E-state index in [4.69, 9.17) is 5.73 Å². The van der Waals surface area contributed by atoms with Crippen LogP contribution < -0.4 is 5.73 Å². The van der Waals surface area contributed by atoms with Crippen molar-refractivity contribution >= 4 is 22.7 Å². The number of carbonyl (C=O) groups is 2. The molecule has 1 aliphatic rings. The Kier molecular flexibility index (Phi) is 4.39. The van der Waals surface area contributed by atoms with Gasteiger partial charge in [0.15, 0.2) is 5.69 Å². The fourth-order valence-electron chi connectivity index (χ4n) is 3.80. The molecule has 0 aliphatic carbocycles. The lowest BCUT2D eigenvalue weighted by molar-refractivity contribution is -0.118. The molecule has 0 bridgehead atoms. The van der Waals surface area contributed by atoms with Gasteiger partial charge in [0, 0.05) is 36.8 Å². The van der Waals surface area contributed by atoms with Crippen molar-refractivity contribution in [3.8, 4) is 0 Å². The number of H-pyrrole nitrogens is 1. The zero-order chi connectivity index (χ0) is 19.0. The van der Waals surface area contributed by atoms with Crippen molar-refractivity contribution in [2.75, 3.05) is 13.1 Å². The van der Waals surface area contributed by atoms with E-state index in [-0.39, 0.29) is 18.4 Å². The first-order chi connectivity index (χ1) is 13.0. The van der Waals surface area contributed by atoms with Crippen molar-refractivity contribution in [2.24, 2.45) is 5.73 Å². The van der Waals surface area contributed by atoms with Crippen molar-refractivity contribution < 1.29 is 9.59 Å². The molecule has 8 heteroatoms. The third kappa shape index (κ3) is 3.30. The number of rotatable bonds is 4. The van der Waals surface area contributed by atoms with Crippen LogP contribution in [0.3, 0.4) is 0 Å². The van der Waals surface area contributed by atoms with Crippen LogP contribution in [-0.2, 0) is 11.3 Å². The minimum Gasteiger partial charge on any atom is -0.368 e. The first-order valence-electron chi connectivity index (χ1n) is 9.06. The number of hydrogen-bond donors (Lipinski definition) is 2. The van der Waals surface area contributed by atoms with E-state index in [1.165, 1.54) is 0 Å². The number of nitrogens with two attached hydrogens (primary N) is 1. The number of fused-ring (bicyclic) bond motifs is 1. The van der Waals surface area contributed by atoms with Crippen molar-refractivity contribution in [1.82, 2.24) is 24.6 Å². The zero-order valence-corrected chi connectivity index (χ0v) is 15.2. The topological polar surface area (TPSA) is 110 Å². The molecule has 8 nitrogen and oxygen atoms in total. The van der Waals surface area contributed by atoms with Gasteiger partial charge in [-0.3, -0.25) is 14.7 Å². The number of imidazole rings is 1. The van der Waals surface area contributed by atoms with Gasteiger partial charge in [-0.1, -0.05) is 11.6 Å². The molecule has 2 aromatic heterocycles. The molecular formula is C19H22N6O2. The van der Waals surface area contributed by atoms with Crippen molar-refractivity contribution in [2.45, 2.75) is 32.2 Å². The maximum absolute atomic E-state index is 13.1. The van der Waals surface area contributed by atoms with E-state index in [1.807, 2.05) is 30.0 Å². The van der Waals surface area contributed by atoms with Crippen LogP contribution in [0.5, 0.6) is 0 Å². The molecular weight excluding hydrogens is 344 g/mol. The number of nitrogens with zero attached hydrogens (tertiary/aromatic N) is 4. The van der Waals surface area contributed by atoms with Gasteiger partial charge in [-0.05, 0) is 31.9 Å². The molecule has 1 aliphatic heterocycles. The Balaban J connectivity index is 1.58. The summed E-state index contributed by atoms with van der Waals surface area (Å²) < 4.78 is 1.77. The molecule has 4 rings (SSSR count). The summed E-state index contributed by atoms with van der Waals surface area (Å²) in [6.45, 7) is 3.33. The van der Waals surface area contributed by atoms with Crippen molar-refractivity contribution in [3.63, 3.8) is 0 Å². The lowest BCUT2D eigenvalue weighted by atomic mass is 9.96. The highest BCUT2D eigenvalue weighted by Crippen LogP contribution is 2.28. The van der Waals surface area contributed by atoms with Crippen LogP contribution in [-0.4, -0.2) is 49.6 Å². The third-order valence-corrected chi connectivity index (χ3v) is 5.07. The fourth-order valence-corrected chi connectivity index (χ4v) is 3.80. The number of aromatic amines is 1. The van der Waals surface area contributed by atoms with E-state index in [0.717, 1.165) is 35.1 Å². The SMILES string of the molecule is Cc1ccc2[nH]nc(C(=O)N3CCC[C@@H](c4nccn4CC(N)=O)C3)c2c1. The third-order valence-electron chi connectivity index (χ3n) is 5.07. The lowest BCUT2D eigenvalue weighted by Gasteiger charge is -2.32. The first-order valence-corrected chi connectivity index (χ1v) is 9.06. The van der Waals surface area contributed by atoms with Crippen LogP contribution >= 0.6 is 0 Å². The molecule has 1 aromatic carbocycles. The molecule has 1 fully saturated rings. The van der Waals surface area contributed by atoms with Crippen LogP contribution in [0.1, 0.15) is 40.6 Å². The Bertz CT molecular complexity index is 1000. The van der Waals surface area contributed by atoms with E-state index >= 15 is 0 Å². The highest BCUT2D eigenvalue weighted by molar-refractivity contribution is 6.04. The Hall–Kier alpha value is -3.16. The normalized spacial score (nSPS) is 17.4. The highest BCUT2D eigenvalue weighted by Gasteiger charge is 2.30. The van der Waals surface area contributed by atoms with Gasteiger partial charge < -0.3 is 15.2 Å². The van der Waals surface area contributed by atoms with Gasteiger partial charge in [-0.25, -0.2) is 4.98 Å². The predicted molar refractivity (Wildman–Crippen MR) is 100 cm³/mol. The average molecular weight is 366 g/mol. The summed E-state index contributed by atoms with van der Waals surface area (Å²) in [6, 6.07) is 5.91. The van der Waals surface area contributed by atoms with E-state index in [9.17, 15) is 9.59 Å². The van der Waals surface area contributed by atoms with E-state index in [1.54, 1.807) is 17.0 Å². The Morgan fingerprint density at radius 1 is 1.37 bits per heavy atom. The van der Waals surface area contributed by atoms with Gasteiger partial charge in [-0.2, -0.15) is 5.10 Å². The van der Waals surface area contributed by atoms with Gasteiger partial charge in [0.2, 0.25) is 5.91 Å². The lowest BCUT2D eigenvalue weighted by Crippen LogP contribution is -2.40. The molecule has 0 saturated carbocycles. The second-order valence-electron chi connectivity index (χ2n) is 7.09. The fraction of sp³-hybridized carbons (Fsp3) is 0.368. The number of amides is 2. The average Bonchev–Trinajstić information content (AvgIpc) is 3.27. The number of piperidine rings is 1. The zero-order valence-electron chi connectivity index (χ0n) is 15.2. The summed E-state index contributed by atoms with van der Waals surface area (Å²) in [5, 5.41) is 8.04. The summed E-state index contributed by atoms with van der Waals surface area (Å²) in [5.41, 5.74) is 7.72. The molecule has 2 amide bonds. The van der Waals surface area contributed by atoms with Crippen LogP contribution in [0, 0.1) is 6.92 Å². The van der Waals surface area contributed by atoms with E-state index in [0.29, 0.717) is 18.8 Å². The summed E-state index contributed by atoms with van der Waals surface area (Å²) in [5.74, 6) is 0.388. The number of aryl methyl sites for hydroxylation is 1. The molecule has 1 saturated heterocycles. The van der Waals surface area contributed by atoms with E-state index in [2.05, 4.69) is 15.2 Å². The number of carbonyl (C=O) groups excluding carboxylic acids is 2. The van der Waals surface area contributed by atoms with Gasteiger partial charge in [0.05, 0.1) is 5.52 Å². The Morgan fingerprint density at radius 3 is 3.04 bits per heavy atom. The van der Waals surface area contributed by atoms with Crippen LogP contribution in [0.4, 0.5) is 0 Å². The maximum Gasteiger partial charge on any atom is 0.275 e. The number of hydrogen-bond acceptors (Lipinski definition) is 4. The number of aromatic nitrogens is 4. The van der Waals surface area contributed by atoms with Crippen LogP contribution in [0.15, 0.2) is 30.6 Å². The minimum absolute atomic E-state index is 0.0731. The number of nitrogens with one attached hydrogen (secondary N) is 1. The maximum atomic E-state index is 13.1. The summed E-state index contributed by atoms with van der Waals surface area (Å²) in [4.78, 5) is 30.6. The minimum atomic E-state index is -0.406.